The smallest absolute Gasteiger partial charge is 0.339 e. The van der Waals surface area contributed by atoms with Crippen molar-refractivity contribution in [1.29, 1.82) is 0 Å². The Bertz CT molecular complexity index is 1170. The van der Waals surface area contributed by atoms with E-state index < -0.39 is 11.9 Å². The van der Waals surface area contributed by atoms with Crippen LogP contribution in [0.2, 0.25) is 0 Å². The average molecular weight is 440 g/mol. The fourth-order valence-electron chi connectivity index (χ4n) is 3.23. The van der Waals surface area contributed by atoms with Crippen LogP contribution < -0.4 is 9.55 Å². The molecule has 144 valence electrons. The molecule has 0 amide bonds. The molecule has 0 aliphatic carbocycles. The van der Waals surface area contributed by atoms with Crippen LogP contribution in [0.5, 0.6) is 0 Å². The van der Waals surface area contributed by atoms with Gasteiger partial charge in [-0.25, -0.2) is 9.59 Å². The van der Waals surface area contributed by atoms with Gasteiger partial charge >= 0.3 is 11.9 Å². The second kappa shape index (κ2) is 7.74. The maximum absolute atomic E-state index is 12.9. The highest BCUT2D eigenvalue weighted by molar-refractivity contribution is 7.23. The van der Waals surface area contributed by atoms with E-state index in [9.17, 15) is 9.59 Å². The Morgan fingerprint density at radius 1 is 0.793 bits per heavy atom. The zero-order chi connectivity index (χ0) is 20.7. The highest BCUT2D eigenvalue weighted by atomic mass is 32.1. The monoisotopic (exact) mass is 440 g/mol. The molecule has 0 aliphatic heterocycles. The summed E-state index contributed by atoms with van der Waals surface area (Å²) in [6, 6.07) is 7.75. The Labute approximate surface area is 180 Å². The lowest BCUT2D eigenvalue weighted by atomic mass is 9.91. The Kier molecular flexibility index (Phi) is 5.28. The third kappa shape index (κ3) is 3.29. The zero-order valence-electron chi connectivity index (χ0n) is 16.1. The number of carbonyl (C=O) groups excluding carboxylic acids is 2. The molecule has 11 heteroatoms. The number of ether oxygens (including phenoxy) is 2. The minimum absolute atomic E-state index is 0.155. The van der Waals surface area contributed by atoms with Crippen LogP contribution in [0.4, 0.5) is 0 Å². The van der Waals surface area contributed by atoms with Crippen LogP contribution in [0.15, 0.2) is 24.3 Å². The van der Waals surface area contributed by atoms with Gasteiger partial charge in [-0.3, -0.25) is 0 Å². The number of benzene rings is 1. The van der Waals surface area contributed by atoms with Crippen molar-refractivity contribution in [2.75, 3.05) is 14.2 Å². The Morgan fingerprint density at radius 2 is 1.21 bits per heavy atom. The molecule has 3 heterocycles. The summed E-state index contributed by atoms with van der Waals surface area (Å²) in [6.45, 7) is 0. The van der Waals surface area contributed by atoms with E-state index in [1.807, 2.05) is 40.0 Å². The summed E-state index contributed by atoms with van der Waals surface area (Å²) in [6.07, 6.45) is 0. The molecule has 3 aromatic heterocycles. The number of fused-ring (bicyclic) bond motifs is 1. The average Bonchev–Trinajstić information content (AvgIpc) is 3.46. The number of esters is 2. The van der Waals surface area contributed by atoms with Gasteiger partial charge in [0, 0.05) is 20.9 Å². The van der Waals surface area contributed by atoms with Crippen LogP contribution in [0.1, 0.15) is 20.7 Å². The Morgan fingerprint density at radius 3 is 1.52 bits per heavy atom. The highest BCUT2D eigenvalue weighted by Gasteiger charge is 2.33. The maximum atomic E-state index is 12.9. The summed E-state index contributed by atoms with van der Waals surface area (Å²) in [4.78, 5) is 27.5. The number of aromatic nitrogens is 2. The fraction of sp³-hybridized carbons (Fsp3) is 0.111. The molecule has 0 N–H and O–H groups in total. The lowest BCUT2D eigenvalue weighted by molar-refractivity contribution is 0.0557. The molecule has 4 aromatic rings. The van der Waals surface area contributed by atoms with E-state index in [1.54, 1.807) is 0 Å². The van der Waals surface area contributed by atoms with E-state index in [2.05, 4.69) is 8.75 Å². The maximum Gasteiger partial charge on any atom is 0.339 e. The third-order valence-electron chi connectivity index (χ3n) is 4.46. The molecule has 0 fully saturated rings. The van der Waals surface area contributed by atoms with Gasteiger partial charge in [-0.05, 0) is 21.7 Å². The normalized spacial score (nSPS) is 11.0. The summed E-state index contributed by atoms with van der Waals surface area (Å²) < 4.78 is 21.3. The summed E-state index contributed by atoms with van der Waals surface area (Å²) in [5, 5.41) is 0. The second-order valence-corrected chi connectivity index (χ2v) is 9.37. The lowest BCUT2D eigenvalue weighted by Gasteiger charge is -2.16. The summed E-state index contributed by atoms with van der Waals surface area (Å²) in [5.41, 5.74) is 2.56. The van der Waals surface area contributed by atoms with Crippen molar-refractivity contribution in [3.63, 3.8) is 0 Å². The third-order valence-corrected chi connectivity index (χ3v) is 7.03. The topological polar surface area (TPSA) is 78.4 Å². The molecule has 0 unspecified atom stereocenters. The molecule has 0 bridgehead atoms. The zero-order valence-corrected chi connectivity index (χ0v) is 18.5. The molecule has 0 spiro atoms. The van der Waals surface area contributed by atoms with Gasteiger partial charge in [0.2, 0.25) is 0 Å². The molecule has 0 atom stereocenters. The van der Waals surface area contributed by atoms with Gasteiger partial charge in [0.1, 0.15) is 11.0 Å². The van der Waals surface area contributed by atoms with Gasteiger partial charge in [0.05, 0.1) is 37.1 Å². The Hall–Kier alpha value is -2.49. The number of nitrogens with zero attached hydrogens (tertiary/aromatic N) is 2. The van der Waals surface area contributed by atoms with E-state index in [0.29, 0.717) is 22.2 Å². The van der Waals surface area contributed by atoms with Crippen molar-refractivity contribution < 1.29 is 19.1 Å². The van der Waals surface area contributed by atoms with Gasteiger partial charge < -0.3 is 9.47 Å². The number of rotatable bonds is 4. The van der Waals surface area contributed by atoms with Gasteiger partial charge in [-0.2, -0.15) is 31.4 Å². The van der Waals surface area contributed by atoms with E-state index in [4.69, 9.17) is 9.47 Å². The van der Waals surface area contributed by atoms with Crippen LogP contribution in [0.25, 0.3) is 31.9 Å². The molecule has 4 rings (SSSR count). The van der Waals surface area contributed by atoms with Crippen molar-refractivity contribution in [1.82, 2.24) is 8.75 Å². The van der Waals surface area contributed by atoms with Crippen molar-refractivity contribution in [2.45, 2.75) is 0 Å². The SMILES string of the molecule is Bc1ccc(-c2c(C(=O)OC)c(C(=O)OC)c(-c3ccc(B)s3)c3nsnc23)s1. The Balaban J connectivity index is 2.23. The standard InChI is InChI=1S/C18H14B2N2O4S3/c1-25-17(23)13-11(7-3-5-9(19)27-7)15-16(22-29-21-15)12(14(13)18(24)26-2)8-4-6-10(20)28-8/h3-6H,19-20H2,1-2H3. The van der Waals surface area contributed by atoms with Crippen molar-refractivity contribution in [3.8, 4) is 20.9 Å². The fourth-order valence-corrected chi connectivity index (χ4v) is 5.63. The van der Waals surface area contributed by atoms with Gasteiger partial charge in [-0.1, -0.05) is 12.1 Å². The summed E-state index contributed by atoms with van der Waals surface area (Å²) in [7, 11) is 6.55. The number of methoxy groups -OCH3 is 2. The second-order valence-electron chi connectivity index (χ2n) is 6.27. The summed E-state index contributed by atoms with van der Waals surface area (Å²) >= 11 is 4.07. The number of thiophene rings is 2. The minimum atomic E-state index is -0.615. The van der Waals surface area contributed by atoms with E-state index >= 15 is 0 Å². The predicted octanol–water partition coefficient (Wildman–Crippen LogP) is 1.24. The van der Waals surface area contributed by atoms with Crippen LogP contribution in [-0.2, 0) is 9.47 Å². The van der Waals surface area contributed by atoms with Crippen LogP contribution in [-0.4, -0.2) is 50.6 Å². The molecule has 29 heavy (non-hydrogen) atoms. The molecule has 0 aliphatic rings. The molecule has 1 aromatic carbocycles. The highest BCUT2D eigenvalue weighted by Crippen LogP contribution is 2.43. The molecular formula is C18H14B2N2O4S3. The van der Waals surface area contributed by atoms with E-state index in [1.165, 1.54) is 36.9 Å². The number of hydrogen-bond donors (Lipinski definition) is 0. The molecular weight excluding hydrogens is 426 g/mol. The van der Waals surface area contributed by atoms with Gasteiger partial charge in [0.15, 0.2) is 15.7 Å². The molecule has 6 nitrogen and oxygen atoms in total. The largest absolute Gasteiger partial charge is 0.465 e. The lowest BCUT2D eigenvalue weighted by Crippen LogP contribution is -2.15. The van der Waals surface area contributed by atoms with Gasteiger partial charge in [-0.15, -0.1) is 0 Å². The van der Waals surface area contributed by atoms with Crippen LogP contribution in [0.3, 0.4) is 0 Å². The van der Waals surface area contributed by atoms with Crippen molar-refractivity contribution >= 4 is 82.6 Å². The van der Waals surface area contributed by atoms with Crippen molar-refractivity contribution in [2.24, 2.45) is 0 Å². The number of carbonyl (C=O) groups is 2. The van der Waals surface area contributed by atoms with Crippen LogP contribution in [0, 0.1) is 0 Å². The molecule has 0 radical (unpaired) electrons. The first-order valence-corrected chi connectivity index (χ1v) is 10.9. The predicted molar refractivity (Wildman–Crippen MR) is 123 cm³/mol. The van der Waals surface area contributed by atoms with E-state index in [-0.39, 0.29) is 11.1 Å². The minimum Gasteiger partial charge on any atom is -0.465 e. The van der Waals surface area contributed by atoms with Crippen molar-refractivity contribution in [3.05, 3.63) is 35.4 Å². The summed E-state index contributed by atoms with van der Waals surface area (Å²) in [5.74, 6) is -1.23. The first kappa shape index (κ1) is 19.8. The molecule has 0 saturated carbocycles. The first-order chi connectivity index (χ1) is 14.0. The quantitative estimate of drug-likeness (QED) is 0.351. The van der Waals surface area contributed by atoms with E-state index in [0.717, 1.165) is 31.0 Å². The van der Waals surface area contributed by atoms with Gasteiger partial charge in [0.25, 0.3) is 0 Å². The first-order valence-electron chi connectivity index (χ1n) is 8.58. The molecule has 0 saturated heterocycles. The van der Waals surface area contributed by atoms with Crippen LogP contribution >= 0.6 is 34.4 Å². The number of hydrogen-bond acceptors (Lipinski definition) is 9.